The van der Waals surface area contributed by atoms with Crippen molar-refractivity contribution >= 4 is 11.3 Å². The molecule has 1 heterocycles. The summed E-state index contributed by atoms with van der Waals surface area (Å²) < 4.78 is 0. The lowest BCUT2D eigenvalue weighted by Crippen LogP contribution is -2.26. The number of aromatic nitrogens is 1. The molecule has 0 aromatic carbocycles. The zero-order valence-corrected chi connectivity index (χ0v) is 9.77. The molecule has 1 aromatic heterocycles. The minimum Gasteiger partial charge on any atom is -0.295 e. The average Bonchev–Trinajstić information content (AvgIpc) is 2.41. The summed E-state index contributed by atoms with van der Waals surface area (Å²) in [6.45, 7) is 7.98. The Labute approximate surface area is 88.8 Å². The first-order valence-electron chi connectivity index (χ1n) is 4.64. The van der Waals surface area contributed by atoms with Crippen molar-refractivity contribution in [1.82, 2.24) is 10.3 Å². The first-order chi connectivity index (χ1) is 6.54. The van der Waals surface area contributed by atoms with Crippen LogP contribution < -0.4 is 5.32 Å². The third-order valence-electron chi connectivity index (χ3n) is 1.83. The van der Waals surface area contributed by atoms with E-state index in [0.29, 0.717) is 6.04 Å². The Morgan fingerprint density at radius 1 is 1.43 bits per heavy atom. The van der Waals surface area contributed by atoms with Gasteiger partial charge in [0, 0.05) is 6.04 Å². The fourth-order valence-corrected chi connectivity index (χ4v) is 2.25. The highest BCUT2D eigenvalue weighted by molar-refractivity contribution is 7.11. The van der Waals surface area contributed by atoms with E-state index in [2.05, 4.69) is 16.4 Å². The van der Waals surface area contributed by atoms with Crippen LogP contribution in [0.5, 0.6) is 0 Å². The van der Waals surface area contributed by atoms with Crippen molar-refractivity contribution in [1.29, 1.82) is 5.26 Å². The predicted octanol–water partition coefficient (Wildman–Crippen LogP) is 2.32. The maximum Gasteiger partial charge on any atom is 0.132 e. The molecule has 3 nitrogen and oxygen atoms in total. The molecule has 0 fully saturated rings. The van der Waals surface area contributed by atoms with Crippen molar-refractivity contribution in [2.45, 2.75) is 39.8 Å². The summed E-state index contributed by atoms with van der Waals surface area (Å²) in [6, 6.07) is 2.35. The first kappa shape index (κ1) is 11.2. The van der Waals surface area contributed by atoms with Crippen LogP contribution in [0.3, 0.4) is 0 Å². The summed E-state index contributed by atoms with van der Waals surface area (Å²) >= 11 is 1.59. The van der Waals surface area contributed by atoms with Crippen LogP contribution in [-0.4, -0.2) is 11.0 Å². The molecule has 1 atom stereocenters. The van der Waals surface area contributed by atoms with Crippen LogP contribution in [0.4, 0.5) is 0 Å². The van der Waals surface area contributed by atoms with Crippen molar-refractivity contribution < 1.29 is 0 Å². The van der Waals surface area contributed by atoms with Gasteiger partial charge in [-0.25, -0.2) is 4.98 Å². The fraction of sp³-hybridized carbons (Fsp3) is 0.600. The number of nitrogens with one attached hydrogen (secondary N) is 1. The van der Waals surface area contributed by atoms with Gasteiger partial charge in [-0.2, -0.15) is 5.26 Å². The van der Waals surface area contributed by atoms with Crippen molar-refractivity contribution in [3.63, 3.8) is 0 Å². The van der Waals surface area contributed by atoms with E-state index in [9.17, 15) is 0 Å². The summed E-state index contributed by atoms with van der Waals surface area (Å²) in [5, 5.41) is 13.3. The van der Waals surface area contributed by atoms with Gasteiger partial charge in [-0.15, -0.1) is 11.3 Å². The molecule has 0 aliphatic heterocycles. The first-order valence-corrected chi connectivity index (χ1v) is 5.45. The number of hydrogen-bond acceptors (Lipinski definition) is 4. The second-order valence-electron chi connectivity index (χ2n) is 3.57. The van der Waals surface area contributed by atoms with E-state index in [1.807, 2.05) is 27.7 Å². The topological polar surface area (TPSA) is 48.7 Å². The van der Waals surface area contributed by atoms with Crippen LogP contribution in [-0.2, 0) is 0 Å². The highest BCUT2D eigenvalue weighted by atomic mass is 32.1. The van der Waals surface area contributed by atoms with Gasteiger partial charge >= 0.3 is 0 Å². The van der Waals surface area contributed by atoms with Gasteiger partial charge in [0.05, 0.1) is 21.6 Å². The molecule has 0 spiro atoms. The maximum absolute atomic E-state index is 9.03. The van der Waals surface area contributed by atoms with Gasteiger partial charge in [-0.1, -0.05) is 0 Å². The molecule has 1 rings (SSSR count). The minimum absolute atomic E-state index is 0.221. The second-order valence-corrected chi connectivity index (χ2v) is 4.80. The van der Waals surface area contributed by atoms with Gasteiger partial charge in [0.25, 0.3) is 0 Å². The molecule has 1 unspecified atom stereocenters. The smallest absolute Gasteiger partial charge is 0.132 e. The third-order valence-corrected chi connectivity index (χ3v) is 2.97. The van der Waals surface area contributed by atoms with E-state index in [-0.39, 0.29) is 6.04 Å². The monoisotopic (exact) mass is 209 g/mol. The van der Waals surface area contributed by atoms with E-state index in [0.717, 1.165) is 15.6 Å². The molecule has 0 amide bonds. The van der Waals surface area contributed by atoms with Crippen LogP contribution in [0.2, 0.25) is 0 Å². The SMILES string of the molecule is Cc1nc(C)c(C(C#N)NC(C)C)s1. The molecular formula is C10H15N3S. The predicted molar refractivity (Wildman–Crippen MR) is 58.2 cm³/mol. The molecule has 0 radical (unpaired) electrons. The highest BCUT2D eigenvalue weighted by Crippen LogP contribution is 2.24. The number of nitrogens with zero attached hydrogens (tertiary/aromatic N) is 2. The Hall–Kier alpha value is -0.920. The zero-order chi connectivity index (χ0) is 10.7. The lowest BCUT2D eigenvalue weighted by Gasteiger charge is -2.13. The molecule has 76 valence electrons. The van der Waals surface area contributed by atoms with Crippen molar-refractivity contribution in [3.05, 3.63) is 15.6 Å². The summed E-state index contributed by atoms with van der Waals surface area (Å²) in [6.07, 6.45) is 0. The summed E-state index contributed by atoms with van der Waals surface area (Å²) in [5.74, 6) is 0. The van der Waals surface area contributed by atoms with E-state index >= 15 is 0 Å². The molecule has 4 heteroatoms. The van der Waals surface area contributed by atoms with Crippen molar-refractivity contribution in [2.24, 2.45) is 0 Å². The Morgan fingerprint density at radius 2 is 2.07 bits per heavy atom. The van der Waals surface area contributed by atoms with Gasteiger partial charge < -0.3 is 0 Å². The van der Waals surface area contributed by atoms with Crippen LogP contribution in [0.1, 0.15) is 35.5 Å². The highest BCUT2D eigenvalue weighted by Gasteiger charge is 2.17. The van der Waals surface area contributed by atoms with Crippen LogP contribution in [0.25, 0.3) is 0 Å². The largest absolute Gasteiger partial charge is 0.295 e. The van der Waals surface area contributed by atoms with Gasteiger partial charge in [0.15, 0.2) is 0 Å². The van der Waals surface area contributed by atoms with Crippen LogP contribution in [0, 0.1) is 25.2 Å². The molecule has 1 aromatic rings. The average molecular weight is 209 g/mol. The lowest BCUT2D eigenvalue weighted by atomic mass is 10.2. The molecule has 0 saturated carbocycles. The standard InChI is InChI=1S/C10H15N3S/c1-6(2)12-9(5-11)10-7(3)13-8(4)14-10/h6,9,12H,1-4H3. The number of nitriles is 1. The molecule has 0 aliphatic rings. The quantitative estimate of drug-likeness (QED) is 0.831. The number of hydrogen-bond donors (Lipinski definition) is 1. The van der Waals surface area contributed by atoms with Crippen LogP contribution in [0.15, 0.2) is 0 Å². The fourth-order valence-electron chi connectivity index (χ4n) is 1.32. The van der Waals surface area contributed by atoms with Gasteiger partial charge in [-0.3, -0.25) is 5.32 Å². The molecule has 1 N–H and O–H groups in total. The summed E-state index contributed by atoms with van der Waals surface area (Å²) in [4.78, 5) is 5.36. The second kappa shape index (κ2) is 4.54. The Bertz CT molecular complexity index is 349. The molecule has 0 bridgehead atoms. The van der Waals surface area contributed by atoms with Gasteiger partial charge in [-0.05, 0) is 27.7 Å². The summed E-state index contributed by atoms with van der Waals surface area (Å²) in [7, 11) is 0. The minimum atomic E-state index is -0.221. The molecule has 14 heavy (non-hydrogen) atoms. The van der Waals surface area contributed by atoms with E-state index < -0.39 is 0 Å². The zero-order valence-electron chi connectivity index (χ0n) is 8.96. The van der Waals surface area contributed by atoms with Crippen LogP contribution >= 0.6 is 11.3 Å². The van der Waals surface area contributed by atoms with E-state index in [1.165, 1.54) is 0 Å². The lowest BCUT2D eigenvalue weighted by molar-refractivity contribution is 0.549. The van der Waals surface area contributed by atoms with Gasteiger partial charge in [0.1, 0.15) is 6.04 Å². The van der Waals surface area contributed by atoms with Gasteiger partial charge in [0.2, 0.25) is 0 Å². The Kier molecular flexibility index (Phi) is 3.62. The Morgan fingerprint density at radius 3 is 2.43 bits per heavy atom. The number of rotatable bonds is 3. The molecular weight excluding hydrogens is 194 g/mol. The molecule has 0 aliphatic carbocycles. The van der Waals surface area contributed by atoms with E-state index in [1.54, 1.807) is 11.3 Å². The Balaban J connectivity index is 2.90. The normalized spacial score (nSPS) is 12.9. The van der Waals surface area contributed by atoms with Crippen molar-refractivity contribution in [3.8, 4) is 6.07 Å². The maximum atomic E-state index is 9.03. The number of aryl methyl sites for hydroxylation is 2. The number of thiazole rings is 1. The molecule has 0 saturated heterocycles. The third kappa shape index (κ3) is 2.53. The van der Waals surface area contributed by atoms with E-state index in [4.69, 9.17) is 5.26 Å². The summed E-state index contributed by atoms with van der Waals surface area (Å²) in [5.41, 5.74) is 0.965. The van der Waals surface area contributed by atoms with Crippen molar-refractivity contribution in [2.75, 3.05) is 0 Å².